The van der Waals surface area contributed by atoms with E-state index in [0.717, 1.165) is 0 Å². The molecule has 0 saturated heterocycles. The molecule has 82 valence electrons. The summed E-state index contributed by atoms with van der Waals surface area (Å²) < 4.78 is 0. The van der Waals surface area contributed by atoms with E-state index in [1.807, 2.05) is 0 Å². The average molecular weight is 268 g/mol. The van der Waals surface area contributed by atoms with Gasteiger partial charge in [-0.3, -0.25) is 0 Å². The molecule has 16 heavy (non-hydrogen) atoms. The molecule has 0 saturated carbocycles. The van der Waals surface area contributed by atoms with Crippen LogP contribution in [0.3, 0.4) is 0 Å². The molecule has 0 radical (unpaired) electrons. The van der Waals surface area contributed by atoms with E-state index in [0.29, 0.717) is 0 Å². The monoisotopic (exact) mass is 268 g/mol. The van der Waals surface area contributed by atoms with E-state index in [9.17, 15) is 0 Å². The minimum atomic E-state index is 0. The summed E-state index contributed by atoms with van der Waals surface area (Å²) in [5.41, 5.74) is 0. The van der Waals surface area contributed by atoms with E-state index in [4.69, 9.17) is 0 Å². The SMILES string of the molecule is P.[Fe].c1ccc2c(c1)ccc1ccccc12. The van der Waals surface area contributed by atoms with Crippen molar-refractivity contribution >= 4 is 31.4 Å². The number of hydrogen-bond acceptors (Lipinski definition) is 0. The zero-order valence-electron chi connectivity index (χ0n) is 8.83. The molecule has 0 spiro atoms. The molecule has 0 aliphatic carbocycles. The molecule has 2 heteroatoms. The van der Waals surface area contributed by atoms with Crippen molar-refractivity contribution in [2.45, 2.75) is 0 Å². The van der Waals surface area contributed by atoms with Gasteiger partial charge in [-0.05, 0) is 21.5 Å². The largest absolute Gasteiger partial charge is 0.153 e. The minimum absolute atomic E-state index is 0. The van der Waals surface area contributed by atoms with E-state index in [1.54, 1.807) is 0 Å². The molecule has 3 aromatic rings. The van der Waals surface area contributed by atoms with Gasteiger partial charge in [0.05, 0.1) is 0 Å². The molecule has 0 heterocycles. The van der Waals surface area contributed by atoms with Crippen LogP contribution >= 0.6 is 9.90 Å². The van der Waals surface area contributed by atoms with Crippen LogP contribution in [0, 0.1) is 0 Å². The molecule has 0 aromatic heterocycles. The van der Waals surface area contributed by atoms with E-state index in [-0.39, 0.29) is 27.0 Å². The first-order valence-electron chi connectivity index (χ1n) is 4.82. The molecule has 0 nitrogen and oxygen atoms in total. The van der Waals surface area contributed by atoms with Crippen LogP contribution < -0.4 is 0 Å². The Kier molecular flexibility index (Phi) is 4.50. The molecule has 0 N–H and O–H groups in total. The summed E-state index contributed by atoms with van der Waals surface area (Å²) in [6.45, 7) is 0. The Morgan fingerprint density at radius 1 is 0.500 bits per heavy atom. The Hall–Kier alpha value is -0.871. The van der Waals surface area contributed by atoms with Crippen LogP contribution in [0.5, 0.6) is 0 Å². The van der Waals surface area contributed by atoms with Crippen LogP contribution in [-0.2, 0) is 17.1 Å². The third-order valence-electron chi connectivity index (χ3n) is 2.65. The van der Waals surface area contributed by atoms with Gasteiger partial charge in [-0.25, -0.2) is 0 Å². The van der Waals surface area contributed by atoms with Gasteiger partial charge in [0.25, 0.3) is 0 Å². The van der Waals surface area contributed by atoms with Crippen molar-refractivity contribution in [3.63, 3.8) is 0 Å². The maximum absolute atomic E-state index is 2.18. The summed E-state index contributed by atoms with van der Waals surface area (Å²) in [7, 11) is 0. The van der Waals surface area contributed by atoms with Gasteiger partial charge >= 0.3 is 0 Å². The van der Waals surface area contributed by atoms with Crippen LogP contribution in [0.4, 0.5) is 0 Å². The van der Waals surface area contributed by atoms with Crippen LogP contribution in [0.15, 0.2) is 60.7 Å². The summed E-state index contributed by atoms with van der Waals surface area (Å²) >= 11 is 0. The fraction of sp³-hybridized carbons (Fsp3) is 0. The number of rotatable bonds is 0. The van der Waals surface area contributed by atoms with Crippen LogP contribution in [0.25, 0.3) is 21.5 Å². The fourth-order valence-electron chi connectivity index (χ4n) is 1.95. The summed E-state index contributed by atoms with van der Waals surface area (Å²) in [5, 5.41) is 5.30. The summed E-state index contributed by atoms with van der Waals surface area (Å²) in [6.07, 6.45) is 0. The van der Waals surface area contributed by atoms with Crippen molar-refractivity contribution < 1.29 is 17.1 Å². The fourth-order valence-corrected chi connectivity index (χ4v) is 1.95. The van der Waals surface area contributed by atoms with Gasteiger partial charge in [0.15, 0.2) is 0 Å². The molecule has 0 aliphatic rings. The standard InChI is InChI=1S/C14H10.Fe.H3P/c1-3-7-13-11(5-1)9-10-12-6-2-4-8-14(12)13;;/h1-10H;;1H3. The van der Waals surface area contributed by atoms with Crippen molar-refractivity contribution in [2.75, 3.05) is 0 Å². The van der Waals surface area contributed by atoms with Gasteiger partial charge in [-0.2, -0.15) is 9.90 Å². The van der Waals surface area contributed by atoms with E-state index in [1.165, 1.54) is 21.5 Å². The van der Waals surface area contributed by atoms with Crippen molar-refractivity contribution in [2.24, 2.45) is 0 Å². The van der Waals surface area contributed by atoms with Crippen LogP contribution in [0.1, 0.15) is 0 Å². The maximum Gasteiger partial charge on any atom is 0 e. The molecule has 0 bridgehead atoms. The first kappa shape index (κ1) is 13.2. The van der Waals surface area contributed by atoms with E-state index >= 15 is 0 Å². The minimum Gasteiger partial charge on any atom is -0.153 e. The van der Waals surface area contributed by atoms with Gasteiger partial charge < -0.3 is 0 Å². The molecular formula is C14H13FeP. The van der Waals surface area contributed by atoms with Gasteiger partial charge in [-0.15, -0.1) is 0 Å². The van der Waals surface area contributed by atoms with Crippen molar-refractivity contribution in [1.82, 2.24) is 0 Å². The molecule has 0 amide bonds. The smallest absolute Gasteiger partial charge is 0 e. The predicted molar refractivity (Wildman–Crippen MR) is 72.6 cm³/mol. The topological polar surface area (TPSA) is 0 Å². The molecule has 1 atom stereocenters. The first-order valence-corrected chi connectivity index (χ1v) is 4.82. The second-order valence-electron chi connectivity index (χ2n) is 3.51. The Morgan fingerprint density at radius 2 is 0.875 bits per heavy atom. The van der Waals surface area contributed by atoms with Gasteiger partial charge in [0.1, 0.15) is 0 Å². The number of fused-ring (bicyclic) bond motifs is 3. The number of hydrogen-bond donors (Lipinski definition) is 0. The quantitative estimate of drug-likeness (QED) is 0.328. The summed E-state index contributed by atoms with van der Waals surface area (Å²) in [5.74, 6) is 0. The third-order valence-corrected chi connectivity index (χ3v) is 2.65. The van der Waals surface area contributed by atoms with Crippen molar-refractivity contribution in [3.05, 3.63) is 60.7 Å². The Labute approximate surface area is 109 Å². The third kappa shape index (κ3) is 2.13. The zero-order valence-corrected chi connectivity index (χ0v) is 11.4. The van der Waals surface area contributed by atoms with E-state index < -0.39 is 0 Å². The van der Waals surface area contributed by atoms with E-state index in [2.05, 4.69) is 60.7 Å². The van der Waals surface area contributed by atoms with Gasteiger partial charge in [0.2, 0.25) is 0 Å². The van der Waals surface area contributed by atoms with Crippen LogP contribution in [0.2, 0.25) is 0 Å². The maximum atomic E-state index is 2.18. The summed E-state index contributed by atoms with van der Waals surface area (Å²) in [4.78, 5) is 0. The Morgan fingerprint density at radius 3 is 1.31 bits per heavy atom. The molecular weight excluding hydrogens is 255 g/mol. The van der Waals surface area contributed by atoms with Gasteiger partial charge in [-0.1, -0.05) is 60.7 Å². The van der Waals surface area contributed by atoms with Crippen molar-refractivity contribution in [1.29, 1.82) is 0 Å². The Bertz CT molecular complexity index is 550. The second-order valence-corrected chi connectivity index (χ2v) is 3.51. The second kappa shape index (κ2) is 5.46. The molecule has 3 aromatic carbocycles. The predicted octanol–water partition coefficient (Wildman–Crippen LogP) is 4.05. The zero-order chi connectivity index (χ0) is 9.38. The molecule has 3 rings (SSSR count). The molecule has 1 unspecified atom stereocenters. The average Bonchev–Trinajstić information content (AvgIpc) is 2.29. The molecule has 0 fully saturated rings. The van der Waals surface area contributed by atoms with Gasteiger partial charge in [0, 0.05) is 17.1 Å². The molecule has 0 aliphatic heterocycles. The summed E-state index contributed by atoms with van der Waals surface area (Å²) in [6, 6.07) is 21.4. The van der Waals surface area contributed by atoms with Crippen LogP contribution in [-0.4, -0.2) is 0 Å². The number of benzene rings is 3. The van der Waals surface area contributed by atoms with Crippen molar-refractivity contribution in [3.8, 4) is 0 Å². The normalized spacial score (nSPS) is 9.50. The Balaban J connectivity index is 0.000000640. The first-order chi connectivity index (χ1) is 6.95.